The largest absolute Gasteiger partial charge is 0.512 e. The number of aromatic nitrogens is 1. The molecule has 301 valence electrons. The molecular weight excluding hydrogens is 903 g/mol. The van der Waals surface area contributed by atoms with Crippen LogP contribution in [0.25, 0.3) is 53.5 Å². The number of aliphatic hydroxyl groups is 1. The van der Waals surface area contributed by atoms with E-state index < -0.39 is 0 Å². The fourth-order valence-electron chi connectivity index (χ4n) is 7.07. The van der Waals surface area contributed by atoms with Crippen LogP contribution in [0.3, 0.4) is 0 Å². The van der Waals surface area contributed by atoms with E-state index in [4.69, 9.17) is 4.98 Å². The molecule has 3 heterocycles. The molecule has 3 aromatic carbocycles. The molecule has 3 nitrogen and oxygen atoms in total. The average molecular weight is 965 g/mol. The van der Waals surface area contributed by atoms with Gasteiger partial charge < -0.3 is 5.11 Å². The maximum absolute atomic E-state index is 12.2. The average Bonchev–Trinajstić information content (AvgIpc) is 3.70. The van der Waals surface area contributed by atoms with E-state index in [2.05, 4.69) is 115 Å². The van der Waals surface area contributed by atoms with Gasteiger partial charge in [0.2, 0.25) is 0 Å². The summed E-state index contributed by atoms with van der Waals surface area (Å²) in [7, 11) is 0. The summed E-state index contributed by atoms with van der Waals surface area (Å²) in [5.41, 5.74) is 7.74. The van der Waals surface area contributed by atoms with Crippen LogP contribution in [0.5, 0.6) is 0 Å². The second-order valence-electron chi connectivity index (χ2n) is 17.4. The van der Waals surface area contributed by atoms with Gasteiger partial charge in [0, 0.05) is 57.2 Å². The fraction of sp³-hybridized carbons (Fsp3) is 0.440. The van der Waals surface area contributed by atoms with Gasteiger partial charge in [0.15, 0.2) is 5.78 Å². The van der Waals surface area contributed by atoms with Crippen molar-refractivity contribution in [2.24, 2.45) is 16.7 Å². The van der Waals surface area contributed by atoms with Crippen molar-refractivity contribution in [2.75, 3.05) is 0 Å². The Bertz CT molecular complexity index is 2340. The number of rotatable bonds is 11. The van der Waals surface area contributed by atoms with E-state index in [0.717, 1.165) is 54.3 Å². The molecule has 6 aromatic rings. The predicted molar refractivity (Wildman–Crippen MR) is 242 cm³/mol. The fourth-order valence-corrected chi connectivity index (χ4v) is 9.52. The van der Waals surface area contributed by atoms with Gasteiger partial charge in [-0.1, -0.05) is 124 Å². The Kier molecular flexibility index (Phi) is 14.8. The minimum atomic E-state index is -0.337. The quantitative estimate of drug-likeness (QED) is 0.0800. The maximum Gasteiger partial charge on any atom is 0.164 e. The Morgan fingerprint density at radius 2 is 1.50 bits per heavy atom. The third-order valence-corrected chi connectivity index (χ3v) is 14.4. The third kappa shape index (κ3) is 9.58. The Balaban J connectivity index is 0.000000330. The van der Waals surface area contributed by atoms with Gasteiger partial charge in [-0.05, 0) is 91.5 Å². The summed E-state index contributed by atoms with van der Waals surface area (Å²) < 4.78 is 2.64. The Hall–Kier alpha value is -3.15. The van der Waals surface area contributed by atoms with Crippen molar-refractivity contribution in [3.8, 4) is 22.4 Å². The number of carbonyl (C=O) groups is 1. The summed E-state index contributed by atoms with van der Waals surface area (Å²) in [6.07, 6.45) is 5.89. The van der Waals surface area contributed by atoms with Crippen molar-refractivity contribution in [1.82, 2.24) is 4.98 Å². The molecule has 0 unspecified atom stereocenters. The Morgan fingerprint density at radius 3 is 2.11 bits per heavy atom. The molecule has 0 fully saturated rings. The molecule has 0 saturated heterocycles. The molecule has 0 bridgehead atoms. The number of aliphatic hydroxyl groups excluding tert-OH is 1. The molecule has 0 amide bonds. The van der Waals surface area contributed by atoms with E-state index in [-0.39, 0.29) is 47.9 Å². The van der Waals surface area contributed by atoms with Gasteiger partial charge in [-0.2, -0.15) is 0 Å². The molecule has 3 aromatic heterocycles. The zero-order valence-electron chi connectivity index (χ0n) is 35.9. The van der Waals surface area contributed by atoms with Crippen LogP contribution in [0, 0.1) is 36.7 Å². The van der Waals surface area contributed by atoms with Crippen LogP contribution < -0.4 is 0 Å². The molecule has 6 rings (SSSR count). The number of allylic oxidation sites excluding steroid dienone is 2. The summed E-state index contributed by atoms with van der Waals surface area (Å²) in [6.45, 7) is 28.0. The smallest absolute Gasteiger partial charge is 0.164 e. The standard InChI is InChI=1S/C35H34NS2.C15H28O2.Ir/c1-20(2)14-27-16-25-13-12-24(18-32(25)38-27)29-19-31(36-33-21(3)22(4)37-34(29)33)26-15-23-10-8-9-11-28(23)30(17-26)35(5,6)7;1-7-14(5,8-2)12(16)11-13(17)15(6,9-3)10-4;/h8-13,16-20H,14H2,1-7H3;11,16H,7-10H2,1-6H3;/q-1;;/b;12-11-;. The molecule has 0 spiro atoms. The van der Waals surface area contributed by atoms with Gasteiger partial charge in [0.1, 0.15) is 5.76 Å². The van der Waals surface area contributed by atoms with E-state index >= 15 is 0 Å². The predicted octanol–water partition coefficient (Wildman–Crippen LogP) is 15.6. The van der Waals surface area contributed by atoms with Crippen molar-refractivity contribution < 1.29 is 30.0 Å². The SMILES string of the molecule is CCC(C)(CC)C(=O)/C=C(\O)C(C)(CC)CC.Cc1sc2c(-c3ccc4cc(CC(C)C)sc4c3)cc(-c3[c-]c4ccccc4c(C(C)(C)C)c3)nc2c1C.[Ir]. The first kappa shape index (κ1) is 45.6. The van der Waals surface area contributed by atoms with Crippen LogP contribution in [0.4, 0.5) is 0 Å². The number of benzene rings is 3. The molecule has 56 heavy (non-hydrogen) atoms. The zero-order chi connectivity index (χ0) is 40.5. The van der Waals surface area contributed by atoms with Gasteiger partial charge in [0.25, 0.3) is 0 Å². The monoisotopic (exact) mass is 965 g/mol. The second-order valence-corrected chi connectivity index (χ2v) is 19.8. The van der Waals surface area contributed by atoms with Crippen molar-refractivity contribution in [3.05, 3.63) is 99.4 Å². The van der Waals surface area contributed by atoms with E-state index in [1.165, 1.54) is 58.3 Å². The number of fused-ring (bicyclic) bond motifs is 3. The number of carbonyl (C=O) groups excluding carboxylic acids is 1. The summed E-state index contributed by atoms with van der Waals surface area (Å²) in [5, 5.41) is 13.9. The van der Waals surface area contributed by atoms with E-state index in [0.29, 0.717) is 5.92 Å². The molecule has 0 saturated carbocycles. The maximum atomic E-state index is 12.2. The molecule has 0 atom stereocenters. The molecule has 6 heteroatoms. The number of aryl methyl sites for hydroxylation is 2. The van der Waals surface area contributed by atoms with E-state index in [1.54, 1.807) is 0 Å². The normalized spacial score (nSPS) is 12.6. The summed E-state index contributed by atoms with van der Waals surface area (Å²) in [5.74, 6) is 0.951. The molecular formula is C50H62IrNO2S2-. The number of hydrogen-bond acceptors (Lipinski definition) is 5. The van der Waals surface area contributed by atoms with Crippen LogP contribution in [0.2, 0.25) is 0 Å². The van der Waals surface area contributed by atoms with E-state index in [1.807, 2.05) is 64.2 Å². The van der Waals surface area contributed by atoms with Crippen LogP contribution in [0.1, 0.15) is 123 Å². The first-order valence-electron chi connectivity index (χ1n) is 20.2. The van der Waals surface area contributed by atoms with Gasteiger partial charge in [0.05, 0.1) is 10.2 Å². The van der Waals surface area contributed by atoms with Crippen LogP contribution in [-0.2, 0) is 36.7 Å². The summed E-state index contributed by atoms with van der Waals surface area (Å²) >= 11 is 3.80. The topological polar surface area (TPSA) is 50.2 Å². The second kappa shape index (κ2) is 18.2. The van der Waals surface area contributed by atoms with Crippen LogP contribution in [-0.4, -0.2) is 15.9 Å². The minimum absolute atomic E-state index is 0. The number of ketones is 1. The zero-order valence-corrected chi connectivity index (χ0v) is 39.9. The van der Waals surface area contributed by atoms with Gasteiger partial charge in [-0.3, -0.25) is 9.78 Å². The summed E-state index contributed by atoms with van der Waals surface area (Å²) in [6, 6.07) is 26.3. The first-order chi connectivity index (χ1) is 25.9. The molecule has 0 aliphatic heterocycles. The number of hydrogen-bond donors (Lipinski definition) is 1. The molecule has 1 N–H and O–H groups in total. The minimum Gasteiger partial charge on any atom is -0.512 e. The van der Waals surface area contributed by atoms with Crippen molar-refractivity contribution in [3.63, 3.8) is 0 Å². The van der Waals surface area contributed by atoms with Crippen molar-refractivity contribution in [2.45, 2.75) is 128 Å². The van der Waals surface area contributed by atoms with Gasteiger partial charge >= 0.3 is 0 Å². The van der Waals surface area contributed by atoms with Crippen LogP contribution >= 0.6 is 22.7 Å². The van der Waals surface area contributed by atoms with E-state index in [9.17, 15) is 9.90 Å². The van der Waals surface area contributed by atoms with Crippen molar-refractivity contribution in [1.29, 1.82) is 0 Å². The first-order valence-corrected chi connectivity index (χ1v) is 21.9. The Morgan fingerprint density at radius 1 is 0.857 bits per heavy atom. The Labute approximate surface area is 358 Å². The van der Waals surface area contributed by atoms with Gasteiger partial charge in [-0.15, -0.1) is 51.8 Å². The third-order valence-electron chi connectivity index (χ3n) is 12.1. The molecule has 0 aliphatic carbocycles. The number of pyridine rings is 1. The number of nitrogens with zero attached hydrogens (tertiary/aromatic N) is 1. The number of thiophene rings is 2. The molecule has 1 radical (unpaired) electrons. The molecule has 0 aliphatic rings. The van der Waals surface area contributed by atoms with Crippen LogP contribution in [0.15, 0.2) is 72.5 Å². The van der Waals surface area contributed by atoms with Crippen molar-refractivity contribution >= 4 is 59.5 Å². The summed E-state index contributed by atoms with van der Waals surface area (Å²) in [4.78, 5) is 20.2. The van der Waals surface area contributed by atoms with Gasteiger partial charge in [-0.25, -0.2) is 0 Å².